The molecule has 0 radical (unpaired) electrons. The van der Waals surface area contributed by atoms with Crippen LogP contribution in [0.15, 0.2) is 18.3 Å². The lowest BCUT2D eigenvalue weighted by atomic mass is 9.97. The summed E-state index contributed by atoms with van der Waals surface area (Å²) < 4.78 is 16.2. The van der Waals surface area contributed by atoms with Gasteiger partial charge in [0.1, 0.15) is 0 Å². The molecule has 3 rings (SSSR count). The number of pyridine rings is 1. The van der Waals surface area contributed by atoms with Crippen LogP contribution < -0.4 is 4.74 Å². The van der Waals surface area contributed by atoms with Gasteiger partial charge in [-0.25, -0.2) is 4.98 Å². The van der Waals surface area contributed by atoms with Gasteiger partial charge in [-0.05, 0) is 44.6 Å². The Bertz CT molecular complexity index is 628. The van der Waals surface area contributed by atoms with Crippen LogP contribution in [-0.4, -0.2) is 61.3 Å². The number of carbonyl (C=O) groups is 2. The Kier molecular flexibility index (Phi) is 7.04. The third-order valence-corrected chi connectivity index (χ3v) is 5.12. The molecule has 1 aromatic heterocycles. The van der Waals surface area contributed by atoms with Crippen molar-refractivity contribution in [1.82, 2.24) is 9.88 Å². The van der Waals surface area contributed by atoms with Crippen LogP contribution in [0, 0.1) is 11.8 Å². The van der Waals surface area contributed by atoms with Crippen LogP contribution >= 0.6 is 0 Å². The Balaban J connectivity index is 1.52. The zero-order chi connectivity index (χ0) is 19.1. The lowest BCUT2D eigenvalue weighted by molar-refractivity contribution is -0.149. The molecule has 2 fully saturated rings. The molecule has 0 saturated carbocycles. The smallest absolute Gasteiger partial charge is 0.310 e. The van der Waals surface area contributed by atoms with Gasteiger partial charge in [-0.3, -0.25) is 9.59 Å². The fraction of sp³-hybridized carbons (Fsp3) is 0.650. The fourth-order valence-corrected chi connectivity index (χ4v) is 3.51. The molecular weight excluding hydrogens is 348 g/mol. The number of hydrogen-bond donors (Lipinski definition) is 0. The first-order chi connectivity index (χ1) is 13.2. The van der Waals surface area contributed by atoms with Gasteiger partial charge in [0.2, 0.25) is 5.88 Å². The van der Waals surface area contributed by atoms with Gasteiger partial charge in [0.15, 0.2) is 0 Å². The van der Waals surface area contributed by atoms with Crippen LogP contribution in [0.4, 0.5) is 0 Å². The van der Waals surface area contributed by atoms with Gasteiger partial charge < -0.3 is 19.1 Å². The minimum Gasteiger partial charge on any atom is -0.477 e. The number of hydrogen-bond acceptors (Lipinski definition) is 6. The summed E-state index contributed by atoms with van der Waals surface area (Å²) in [6.45, 7) is 5.41. The monoisotopic (exact) mass is 376 g/mol. The second kappa shape index (κ2) is 9.69. The molecule has 0 aliphatic carbocycles. The molecule has 7 nitrogen and oxygen atoms in total. The van der Waals surface area contributed by atoms with Crippen LogP contribution in [0.2, 0.25) is 0 Å². The summed E-state index contributed by atoms with van der Waals surface area (Å²) in [5, 5.41) is 0. The lowest BCUT2D eigenvalue weighted by Gasteiger charge is -2.31. The molecule has 27 heavy (non-hydrogen) atoms. The first-order valence-electron chi connectivity index (χ1n) is 9.80. The van der Waals surface area contributed by atoms with E-state index < -0.39 is 0 Å². The van der Waals surface area contributed by atoms with Crippen LogP contribution in [0.1, 0.15) is 43.0 Å². The van der Waals surface area contributed by atoms with Crippen LogP contribution in [-0.2, 0) is 14.3 Å². The molecule has 1 amide bonds. The van der Waals surface area contributed by atoms with Gasteiger partial charge >= 0.3 is 5.97 Å². The van der Waals surface area contributed by atoms with E-state index in [1.165, 1.54) is 0 Å². The number of rotatable bonds is 6. The zero-order valence-electron chi connectivity index (χ0n) is 15.9. The maximum absolute atomic E-state index is 12.7. The van der Waals surface area contributed by atoms with E-state index in [4.69, 9.17) is 14.2 Å². The third-order valence-electron chi connectivity index (χ3n) is 5.12. The number of piperidine rings is 1. The third kappa shape index (κ3) is 5.42. The van der Waals surface area contributed by atoms with E-state index in [-0.39, 0.29) is 17.8 Å². The first-order valence-corrected chi connectivity index (χ1v) is 9.80. The summed E-state index contributed by atoms with van der Waals surface area (Å²) in [5.41, 5.74) is 0.512. The van der Waals surface area contributed by atoms with E-state index in [1.54, 1.807) is 30.2 Å². The molecule has 0 spiro atoms. The molecule has 0 bridgehead atoms. The molecule has 1 aromatic rings. The highest BCUT2D eigenvalue weighted by Crippen LogP contribution is 2.21. The fourth-order valence-electron chi connectivity index (χ4n) is 3.51. The number of amides is 1. The van der Waals surface area contributed by atoms with Crippen LogP contribution in [0.25, 0.3) is 0 Å². The number of esters is 1. The number of nitrogens with zero attached hydrogens (tertiary/aromatic N) is 2. The molecule has 3 heterocycles. The van der Waals surface area contributed by atoms with Gasteiger partial charge in [-0.2, -0.15) is 0 Å². The Morgan fingerprint density at radius 1 is 1.26 bits per heavy atom. The van der Waals surface area contributed by atoms with Gasteiger partial charge in [0, 0.05) is 38.6 Å². The molecule has 0 N–H and O–H groups in total. The van der Waals surface area contributed by atoms with Crippen molar-refractivity contribution in [2.75, 3.05) is 39.5 Å². The maximum atomic E-state index is 12.7. The molecule has 148 valence electrons. The lowest BCUT2D eigenvalue weighted by Crippen LogP contribution is -2.42. The minimum absolute atomic E-state index is 0.104. The summed E-state index contributed by atoms with van der Waals surface area (Å²) in [6.07, 6.45) is 5.13. The van der Waals surface area contributed by atoms with Crippen molar-refractivity contribution in [1.29, 1.82) is 0 Å². The molecule has 2 saturated heterocycles. The summed E-state index contributed by atoms with van der Waals surface area (Å²) in [7, 11) is 0. The van der Waals surface area contributed by atoms with E-state index in [2.05, 4.69) is 4.98 Å². The van der Waals surface area contributed by atoms with E-state index in [0.717, 1.165) is 38.9 Å². The minimum atomic E-state index is -0.238. The SMILES string of the molecule is CCOC(=O)[C@@H]1CCCN(C(=O)c2ccc(OCC3CCOCC3)nc2)C1. The standard InChI is InChI=1S/C20H28N2O5/c1-2-26-20(24)17-4-3-9-22(13-17)19(23)16-5-6-18(21-12-16)27-14-15-7-10-25-11-8-15/h5-6,12,15,17H,2-4,7-11,13-14H2,1H3/t17-/m1/s1. The van der Waals surface area contributed by atoms with E-state index in [0.29, 0.717) is 43.7 Å². The summed E-state index contributed by atoms with van der Waals surface area (Å²) in [4.78, 5) is 30.7. The topological polar surface area (TPSA) is 78.0 Å². The normalized spacial score (nSPS) is 20.9. The van der Waals surface area contributed by atoms with Crippen molar-refractivity contribution in [2.24, 2.45) is 11.8 Å². The number of likely N-dealkylation sites (tertiary alicyclic amines) is 1. The van der Waals surface area contributed by atoms with Crippen molar-refractivity contribution >= 4 is 11.9 Å². The highest BCUT2D eigenvalue weighted by molar-refractivity contribution is 5.94. The molecule has 2 aliphatic rings. The molecule has 0 aromatic carbocycles. The second-order valence-corrected chi connectivity index (χ2v) is 7.09. The highest BCUT2D eigenvalue weighted by Gasteiger charge is 2.29. The Morgan fingerprint density at radius 3 is 2.78 bits per heavy atom. The van der Waals surface area contributed by atoms with Crippen molar-refractivity contribution < 1.29 is 23.8 Å². The van der Waals surface area contributed by atoms with Crippen molar-refractivity contribution in [3.63, 3.8) is 0 Å². The van der Waals surface area contributed by atoms with Gasteiger partial charge in [0.05, 0.1) is 24.7 Å². The van der Waals surface area contributed by atoms with Gasteiger partial charge in [-0.1, -0.05) is 0 Å². The number of aromatic nitrogens is 1. The predicted octanol–water partition coefficient (Wildman–Crippen LogP) is 2.30. The van der Waals surface area contributed by atoms with Gasteiger partial charge in [-0.15, -0.1) is 0 Å². The average Bonchev–Trinajstić information content (AvgIpc) is 2.73. The van der Waals surface area contributed by atoms with Crippen molar-refractivity contribution in [3.8, 4) is 5.88 Å². The quantitative estimate of drug-likeness (QED) is 0.709. The van der Waals surface area contributed by atoms with Crippen LogP contribution in [0.5, 0.6) is 5.88 Å². The maximum Gasteiger partial charge on any atom is 0.310 e. The van der Waals surface area contributed by atoms with E-state index in [1.807, 2.05) is 0 Å². The van der Waals surface area contributed by atoms with Crippen molar-refractivity contribution in [3.05, 3.63) is 23.9 Å². The molecule has 1 atom stereocenters. The van der Waals surface area contributed by atoms with E-state index in [9.17, 15) is 9.59 Å². The van der Waals surface area contributed by atoms with Crippen molar-refractivity contribution in [2.45, 2.75) is 32.6 Å². The Morgan fingerprint density at radius 2 is 2.07 bits per heavy atom. The Labute approximate surface area is 160 Å². The number of carbonyl (C=O) groups excluding carboxylic acids is 2. The predicted molar refractivity (Wildman–Crippen MR) is 98.5 cm³/mol. The van der Waals surface area contributed by atoms with Gasteiger partial charge in [0.25, 0.3) is 5.91 Å². The zero-order valence-corrected chi connectivity index (χ0v) is 15.9. The average molecular weight is 376 g/mol. The second-order valence-electron chi connectivity index (χ2n) is 7.09. The Hall–Kier alpha value is -2.15. The molecule has 2 aliphatic heterocycles. The van der Waals surface area contributed by atoms with Crippen LogP contribution in [0.3, 0.4) is 0 Å². The molecule has 7 heteroatoms. The first kappa shape index (κ1) is 19.6. The highest BCUT2D eigenvalue weighted by atomic mass is 16.5. The molecular formula is C20H28N2O5. The van der Waals surface area contributed by atoms with E-state index >= 15 is 0 Å². The summed E-state index contributed by atoms with van der Waals surface area (Å²) in [5.74, 6) is 0.464. The largest absolute Gasteiger partial charge is 0.477 e. The summed E-state index contributed by atoms with van der Waals surface area (Å²) in [6, 6.07) is 3.47. The summed E-state index contributed by atoms with van der Waals surface area (Å²) >= 11 is 0. The number of ether oxygens (including phenoxy) is 3. The molecule has 0 unspecified atom stereocenters.